The SMILES string of the molecule is COC(=O)c1ncn(-c2ccc(N)cc2C(F)(F)F)n1. The van der Waals surface area contributed by atoms with Crippen LogP contribution in [-0.2, 0) is 10.9 Å². The number of ether oxygens (including phenoxy) is 1. The molecule has 0 aliphatic heterocycles. The second-order valence-corrected chi connectivity index (χ2v) is 3.78. The van der Waals surface area contributed by atoms with E-state index in [0.29, 0.717) is 0 Å². The van der Waals surface area contributed by atoms with E-state index in [1.165, 1.54) is 6.07 Å². The zero-order valence-corrected chi connectivity index (χ0v) is 10.2. The molecule has 1 aromatic carbocycles. The molecule has 0 unspecified atom stereocenters. The fourth-order valence-corrected chi connectivity index (χ4v) is 1.54. The highest BCUT2D eigenvalue weighted by Crippen LogP contribution is 2.34. The summed E-state index contributed by atoms with van der Waals surface area (Å²) in [6.45, 7) is 0. The van der Waals surface area contributed by atoms with E-state index in [1.54, 1.807) is 0 Å². The molecule has 0 saturated carbocycles. The van der Waals surface area contributed by atoms with Crippen molar-refractivity contribution in [3.8, 4) is 5.69 Å². The van der Waals surface area contributed by atoms with Gasteiger partial charge in [-0.15, -0.1) is 5.10 Å². The maximum atomic E-state index is 12.9. The molecule has 2 rings (SSSR count). The summed E-state index contributed by atoms with van der Waals surface area (Å²) in [5.74, 6) is -1.18. The molecule has 106 valence electrons. The molecule has 0 fully saturated rings. The average molecular weight is 286 g/mol. The van der Waals surface area contributed by atoms with Crippen LogP contribution in [0.3, 0.4) is 0 Å². The monoisotopic (exact) mass is 286 g/mol. The van der Waals surface area contributed by atoms with E-state index in [-0.39, 0.29) is 17.2 Å². The number of methoxy groups -OCH3 is 1. The third-order valence-electron chi connectivity index (χ3n) is 2.43. The van der Waals surface area contributed by atoms with Crippen LogP contribution in [0.15, 0.2) is 24.5 Å². The van der Waals surface area contributed by atoms with Gasteiger partial charge in [0.15, 0.2) is 0 Å². The van der Waals surface area contributed by atoms with Gasteiger partial charge in [0, 0.05) is 5.69 Å². The molecular formula is C11H9F3N4O2. The van der Waals surface area contributed by atoms with Crippen molar-refractivity contribution in [1.29, 1.82) is 0 Å². The molecule has 0 spiro atoms. The van der Waals surface area contributed by atoms with E-state index >= 15 is 0 Å². The molecule has 0 amide bonds. The Bertz CT molecular complexity index is 651. The molecule has 0 atom stereocenters. The largest absolute Gasteiger partial charge is 0.463 e. The summed E-state index contributed by atoms with van der Waals surface area (Å²) in [6.07, 6.45) is -3.62. The number of esters is 1. The molecule has 1 aromatic heterocycles. The molecule has 2 aromatic rings. The first-order valence-corrected chi connectivity index (χ1v) is 5.30. The number of benzene rings is 1. The zero-order chi connectivity index (χ0) is 14.9. The molecular weight excluding hydrogens is 277 g/mol. The van der Waals surface area contributed by atoms with Gasteiger partial charge in [-0.05, 0) is 18.2 Å². The van der Waals surface area contributed by atoms with Crippen molar-refractivity contribution in [2.75, 3.05) is 12.8 Å². The Labute approximate surface area is 111 Å². The number of nitrogen functional groups attached to an aromatic ring is 1. The Morgan fingerprint density at radius 2 is 2.10 bits per heavy atom. The van der Waals surface area contributed by atoms with Gasteiger partial charge >= 0.3 is 12.1 Å². The summed E-state index contributed by atoms with van der Waals surface area (Å²) in [7, 11) is 1.12. The van der Waals surface area contributed by atoms with Crippen LogP contribution in [0.25, 0.3) is 5.69 Å². The molecule has 20 heavy (non-hydrogen) atoms. The number of nitrogens with zero attached hydrogens (tertiary/aromatic N) is 3. The predicted molar refractivity (Wildman–Crippen MR) is 62.1 cm³/mol. The van der Waals surface area contributed by atoms with E-state index in [2.05, 4.69) is 14.8 Å². The number of aromatic nitrogens is 3. The van der Waals surface area contributed by atoms with Gasteiger partial charge in [-0.2, -0.15) is 13.2 Å². The van der Waals surface area contributed by atoms with Crippen molar-refractivity contribution in [3.63, 3.8) is 0 Å². The van der Waals surface area contributed by atoms with Gasteiger partial charge in [-0.25, -0.2) is 14.5 Å². The lowest BCUT2D eigenvalue weighted by molar-refractivity contribution is -0.137. The van der Waals surface area contributed by atoms with Gasteiger partial charge < -0.3 is 10.5 Å². The van der Waals surface area contributed by atoms with Crippen LogP contribution in [0.4, 0.5) is 18.9 Å². The fourth-order valence-electron chi connectivity index (χ4n) is 1.54. The minimum Gasteiger partial charge on any atom is -0.463 e. The van der Waals surface area contributed by atoms with Crippen molar-refractivity contribution in [2.45, 2.75) is 6.18 Å². The maximum Gasteiger partial charge on any atom is 0.418 e. The summed E-state index contributed by atoms with van der Waals surface area (Å²) in [6, 6.07) is 3.23. The summed E-state index contributed by atoms with van der Waals surface area (Å²) < 4.78 is 44.0. The highest BCUT2D eigenvalue weighted by Gasteiger charge is 2.34. The van der Waals surface area contributed by atoms with E-state index in [0.717, 1.165) is 30.3 Å². The lowest BCUT2D eigenvalue weighted by Gasteiger charge is -2.12. The van der Waals surface area contributed by atoms with Crippen molar-refractivity contribution >= 4 is 11.7 Å². The lowest BCUT2D eigenvalue weighted by Crippen LogP contribution is -2.12. The molecule has 0 saturated heterocycles. The molecule has 0 radical (unpaired) electrons. The number of anilines is 1. The third-order valence-corrected chi connectivity index (χ3v) is 2.43. The minimum absolute atomic E-state index is 0.0330. The molecule has 9 heteroatoms. The first kappa shape index (κ1) is 13.8. The molecule has 2 N–H and O–H groups in total. The zero-order valence-electron chi connectivity index (χ0n) is 10.2. The van der Waals surface area contributed by atoms with Crippen LogP contribution in [-0.4, -0.2) is 27.8 Å². The highest BCUT2D eigenvalue weighted by molar-refractivity contribution is 5.84. The Hall–Kier alpha value is -2.58. The van der Waals surface area contributed by atoms with E-state index in [1.807, 2.05) is 0 Å². The first-order chi connectivity index (χ1) is 9.32. The summed E-state index contributed by atoms with van der Waals surface area (Å²) in [5, 5.41) is 3.65. The third kappa shape index (κ3) is 2.56. The molecule has 6 nitrogen and oxygen atoms in total. The minimum atomic E-state index is -4.61. The molecule has 0 bridgehead atoms. The van der Waals surface area contributed by atoms with Gasteiger partial charge in [0.25, 0.3) is 5.82 Å². The molecule has 0 aliphatic carbocycles. The smallest absolute Gasteiger partial charge is 0.418 e. The Balaban J connectivity index is 2.53. The number of carbonyl (C=O) groups excluding carboxylic acids is 1. The number of halogens is 3. The lowest BCUT2D eigenvalue weighted by atomic mass is 10.1. The highest BCUT2D eigenvalue weighted by atomic mass is 19.4. The van der Waals surface area contributed by atoms with Crippen LogP contribution in [0.2, 0.25) is 0 Å². The Morgan fingerprint density at radius 1 is 1.40 bits per heavy atom. The van der Waals surface area contributed by atoms with Crippen molar-refractivity contribution in [2.24, 2.45) is 0 Å². The second kappa shape index (κ2) is 4.83. The number of nitrogens with two attached hydrogens (primary N) is 1. The first-order valence-electron chi connectivity index (χ1n) is 5.30. The van der Waals surface area contributed by atoms with Crippen molar-refractivity contribution < 1.29 is 22.7 Å². The van der Waals surface area contributed by atoms with E-state index in [4.69, 9.17) is 5.73 Å². The van der Waals surface area contributed by atoms with Crippen LogP contribution in [0.1, 0.15) is 16.2 Å². The topological polar surface area (TPSA) is 83.0 Å². The van der Waals surface area contributed by atoms with Gasteiger partial charge in [0.2, 0.25) is 0 Å². The van der Waals surface area contributed by atoms with Crippen LogP contribution >= 0.6 is 0 Å². The maximum absolute atomic E-state index is 12.9. The molecule has 0 aliphatic rings. The van der Waals surface area contributed by atoms with Crippen LogP contribution in [0, 0.1) is 0 Å². The van der Waals surface area contributed by atoms with Gasteiger partial charge in [-0.3, -0.25) is 0 Å². The average Bonchev–Trinajstić information content (AvgIpc) is 2.86. The fraction of sp³-hybridized carbons (Fsp3) is 0.182. The Kier molecular flexibility index (Phi) is 3.35. The number of alkyl halides is 3. The van der Waals surface area contributed by atoms with Crippen LogP contribution < -0.4 is 5.73 Å². The second-order valence-electron chi connectivity index (χ2n) is 3.78. The summed E-state index contributed by atoms with van der Waals surface area (Å²) >= 11 is 0. The Morgan fingerprint density at radius 3 is 2.70 bits per heavy atom. The predicted octanol–water partition coefficient (Wildman–Crippen LogP) is 1.65. The standard InChI is InChI=1S/C11H9F3N4O2/c1-20-10(19)9-16-5-18(17-9)8-3-2-6(15)4-7(8)11(12,13)14/h2-5H,15H2,1H3. The van der Waals surface area contributed by atoms with Crippen molar-refractivity contribution in [3.05, 3.63) is 35.9 Å². The normalized spacial score (nSPS) is 11.4. The number of carbonyl (C=O) groups is 1. The number of rotatable bonds is 2. The van der Waals surface area contributed by atoms with Gasteiger partial charge in [0.05, 0.1) is 18.4 Å². The summed E-state index contributed by atoms with van der Waals surface area (Å²) in [5.41, 5.74) is 4.07. The summed E-state index contributed by atoms with van der Waals surface area (Å²) in [4.78, 5) is 14.8. The van der Waals surface area contributed by atoms with Crippen LogP contribution in [0.5, 0.6) is 0 Å². The van der Waals surface area contributed by atoms with Crippen molar-refractivity contribution in [1.82, 2.24) is 14.8 Å². The van der Waals surface area contributed by atoms with E-state index < -0.39 is 17.7 Å². The molecule has 1 heterocycles. The number of hydrogen-bond acceptors (Lipinski definition) is 5. The van der Waals surface area contributed by atoms with Gasteiger partial charge in [0.1, 0.15) is 6.33 Å². The van der Waals surface area contributed by atoms with Gasteiger partial charge in [-0.1, -0.05) is 0 Å². The van der Waals surface area contributed by atoms with E-state index in [9.17, 15) is 18.0 Å². The quantitative estimate of drug-likeness (QED) is 0.670. The number of hydrogen-bond donors (Lipinski definition) is 1.